The van der Waals surface area contributed by atoms with Gasteiger partial charge in [-0.3, -0.25) is 4.79 Å². The first kappa shape index (κ1) is 12.0. The number of ether oxygens (including phenoxy) is 1. The fourth-order valence-electron chi connectivity index (χ4n) is 1.78. The van der Waals surface area contributed by atoms with Crippen LogP contribution in [0.5, 0.6) is 0 Å². The fraction of sp³-hybridized carbons (Fsp3) is 0.667. The van der Waals surface area contributed by atoms with E-state index in [1.807, 2.05) is 6.08 Å². The number of rotatable bonds is 4. The molecule has 0 N–H and O–H groups in total. The van der Waals surface area contributed by atoms with Crippen LogP contribution in [0.15, 0.2) is 12.2 Å². The average Bonchev–Trinajstić information content (AvgIpc) is 2.21. The van der Waals surface area contributed by atoms with Gasteiger partial charge in [-0.25, -0.2) is 4.79 Å². The second-order valence-corrected chi connectivity index (χ2v) is 3.87. The van der Waals surface area contributed by atoms with E-state index in [-0.39, 0.29) is 5.97 Å². The zero-order valence-electron chi connectivity index (χ0n) is 9.20. The zero-order chi connectivity index (χ0) is 11.1. The predicted octanol–water partition coefficient (Wildman–Crippen LogP) is 2.26. The minimum atomic E-state index is -0.274. The second kappa shape index (κ2) is 6.38. The van der Waals surface area contributed by atoms with Crippen LogP contribution in [0.4, 0.5) is 0 Å². The van der Waals surface area contributed by atoms with Crippen LogP contribution in [0.1, 0.15) is 39.0 Å². The predicted molar refractivity (Wildman–Crippen MR) is 57.4 cm³/mol. The largest absolute Gasteiger partial charge is 0.463 e. The van der Waals surface area contributed by atoms with Crippen molar-refractivity contribution >= 4 is 11.8 Å². The standard InChI is InChI=1S/C12H18O3/c1-2-15-12(14)5-3-4-10-6-8-11(13)9-7-10/h3,5,10H,2,4,6-9H2,1H3/b5-3+. The van der Waals surface area contributed by atoms with Crippen LogP contribution in [0.2, 0.25) is 0 Å². The van der Waals surface area contributed by atoms with E-state index in [0.717, 1.165) is 19.3 Å². The summed E-state index contributed by atoms with van der Waals surface area (Å²) in [4.78, 5) is 22.0. The molecule has 1 fully saturated rings. The number of carbonyl (C=O) groups is 2. The second-order valence-electron chi connectivity index (χ2n) is 3.87. The van der Waals surface area contributed by atoms with Crippen LogP contribution < -0.4 is 0 Å². The molecule has 0 aromatic rings. The number of hydrogen-bond donors (Lipinski definition) is 0. The van der Waals surface area contributed by atoms with Gasteiger partial charge in [0, 0.05) is 18.9 Å². The summed E-state index contributed by atoms with van der Waals surface area (Å²) in [6.07, 6.45) is 7.57. The van der Waals surface area contributed by atoms with Gasteiger partial charge in [0.05, 0.1) is 6.61 Å². The van der Waals surface area contributed by atoms with Crippen LogP contribution in [0.3, 0.4) is 0 Å². The van der Waals surface area contributed by atoms with E-state index >= 15 is 0 Å². The normalized spacial score (nSPS) is 18.3. The highest BCUT2D eigenvalue weighted by Crippen LogP contribution is 2.24. The Morgan fingerprint density at radius 3 is 2.73 bits per heavy atom. The van der Waals surface area contributed by atoms with Gasteiger partial charge in [-0.05, 0) is 32.1 Å². The minimum Gasteiger partial charge on any atom is -0.463 e. The van der Waals surface area contributed by atoms with Crippen molar-refractivity contribution in [2.75, 3.05) is 6.61 Å². The molecular weight excluding hydrogens is 192 g/mol. The topological polar surface area (TPSA) is 43.4 Å². The van der Waals surface area contributed by atoms with Crippen molar-refractivity contribution in [1.82, 2.24) is 0 Å². The Labute approximate surface area is 90.5 Å². The Bertz CT molecular complexity index is 246. The number of ketones is 1. The molecule has 0 aliphatic heterocycles. The average molecular weight is 210 g/mol. The highest BCUT2D eigenvalue weighted by Gasteiger charge is 2.17. The van der Waals surface area contributed by atoms with Crippen molar-refractivity contribution in [3.8, 4) is 0 Å². The summed E-state index contributed by atoms with van der Waals surface area (Å²) in [6.45, 7) is 2.21. The Kier molecular flexibility index (Phi) is 5.08. The van der Waals surface area contributed by atoms with Crippen LogP contribution in [-0.2, 0) is 14.3 Å². The maximum absolute atomic E-state index is 11.0. The first-order valence-corrected chi connectivity index (χ1v) is 5.57. The molecule has 0 amide bonds. The summed E-state index contributed by atoms with van der Waals surface area (Å²) in [7, 11) is 0. The lowest BCUT2D eigenvalue weighted by Gasteiger charge is -2.18. The summed E-state index contributed by atoms with van der Waals surface area (Å²) in [5, 5.41) is 0. The smallest absolute Gasteiger partial charge is 0.330 e. The number of hydrogen-bond acceptors (Lipinski definition) is 3. The van der Waals surface area contributed by atoms with Gasteiger partial charge in [-0.2, -0.15) is 0 Å². The highest BCUT2D eigenvalue weighted by atomic mass is 16.5. The van der Waals surface area contributed by atoms with E-state index in [9.17, 15) is 9.59 Å². The van der Waals surface area contributed by atoms with Crippen LogP contribution >= 0.6 is 0 Å². The Morgan fingerprint density at radius 1 is 1.47 bits per heavy atom. The van der Waals surface area contributed by atoms with Crippen molar-refractivity contribution in [2.24, 2.45) is 5.92 Å². The van der Waals surface area contributed by atoms with Gasteiger partial charge in [-0.15, -0.1) is 0 Å². The number of Topliss-reactive ketones (excluding diaryl/α,β-unsaturated/α-hetero) is 1. The molecule has 0 heterocycles. The van der Waals surface area contributed by atoms with Gasteiger partial charge in [-0.1, -0.05) is 6.08 Å². The summed E-state index contributed by atoms with van der Waals surface area (Å²) in [5.74, 6) is 0.665. The van der Waals surface area contributed by atoms with Crippen LogP contribution in [-0.4, -0.2) is 18.4 Å². The molecule has 0 unspecified atom stereocenters. The van der Waals surface area contributed by atoms with Crippen molar-refractivity contribution in [3.05, 3.63) is 12.2 Å². The molecule has 0 bridgehead atoms. The molecule has 0 aromatic carbocycles. The van der Waals surface area contributed by atoms with Crippen molar-refractivity contribution < 1.29 is 14.3 Å². The zero-order valence-corrected chi connectivity index (χ0v) is 9.20. The molecule has 1 saturated carbocycles. The maximum atomic E-state index is 11.0. The van der Waals surface area contributed by atoms with Gasteiger partial charge in [0.25, 0.3) is 0 Å². The van der Waals surface area contributed by atoms with Crippen LogP contribution in [0.25, 0.3) is 0 Å². The maximum Gasteiger partial charge on any atom is 0.330 e. The SMILES string of the molecule is CCOC(=O)/C=C/CC1CCC(=O)CC1. The molecule has 3 heteroatoms. The first-order chi connectivity index (χ1) is 7.22. The number of allylic oxidation sites excluding steroid dienone is 1. The summed E-state index contributed by atoms with van der Waals surface area (Å²) in [6, 6.07) is 0. The summed E-state index contributed by atoms with van der Waals surface area (Å²) >= 11 is 0. The van der Waals surface area contributed by atoms with Crippen molar-refractivity contribution in [3.63, 3.8) is 0 Å². The molecule has 1 aliphatic rings. The lowest BCUT2D eigenvalue weighted by atomic mass is 9.86. The molecule has 1 aliphatic carbocycles. The monoisotopic (exact) mass is 210 g/mol. The molecule has 3 nitrogen and oxygen atoms in total. The quantitative estimate of drug-likeness (QED) is 0.528. The summed E-state index contributed by atoms with van der Waals surface area (Å²) < 4.78 is 4.77. The molecule has 1 rings (SSSR count). The molecular formula is C12H18O3. The third-order valence-corrected chi connectivity index (χ3v) is 2.67. The first-order valence-electron chi connectivity index (χ1n) is 5.57. The molecule has 0 aromatic heterocycles. The minimum absolute atomic E-state index is 0.274. The van der Waals surface area contributed by atoms with Gasteiger partial charge < -0.3 is 4.74 Å². The van der Waals surface area contributed by atoms with E-state index in [1.54, 1.807) is 6.92 Å². The van der Waals surface area contributed by atoms with Gasteiger partial charge in [0.1, 0.15) is 5.78 Å². The van der Waals surface area contributed by atoms with E-state index in [2.05, 4.69) is 0 Å². The molecule has 0 radical (unpaired) electrons. The fourth-order valence-corrected chi connectivity index (χ4v) is 1.78. The lowest BCUT2D eigenvalue weighted by Crippen LogP contribution is -2.13. The highest BCUT2D eigenvalue weighted by molar-refractivity contribution is 5.81. The van der Waals surface area contributed by atoms with E-state index in [4.69, 9.17) is 4.74 Å². The van der Waals surface area contributed by atoms with Crippen molar-refractivity contribution in [1.29, 1.82) is 0 Å². The van der Waals surface area contributed by atoms with Crippen molar-refractivity contribution in [2.45, 2.75) is 39.0 Å². The molecule has 0 saturated heterocycles. The van der Waals surface area contributed by atoms with Gasteiger partial charge in [0.2, 0.25) is 0 Å². The molecule has 0 atom stereocenters. The molecule has 84 valence electrons. The van der Waals surface area contributed by atoms with E-state index < -0.39 is 0 Å². The van der Waals surface area contributed by atoms with Crippen LogP contribution in [0, 0.1) is 5.92 Å². The van der Waals surface area contributed by atoms with Gasteiger partial charge >= 0.3 is 5.97 Å². The number of carbonyl (C=O) groups excluding carboxylic acids is 2. The Balaban J connectivity index is 2.19. The third-order valence-electron chi connectivity index (χ3n) is 2.67. The molecule has 0 spiro atoms. The van der Waals surface area contributed by atoms with E-state index in [0.29, 0.717) is 31.1 Å². The van der Waals surface area contributed by atoms with Gasteiger partial charge in [0.15, 0.2) is 0 Å². The Hall–Kier alpha value is -1.12. The van der Waals surface area contributed by atoms with E-state index in [1.165, 1.54) is 6.08 Å². The Morgan fingerprint density at radius 2 is 2.13 bits per heavy atom. The number of esters is 1. The molecule has 15 heavy (non-hydrogen) atoms. The summed E-state index contributed by atoms with van der Waals surface area (Å²) in [5.41, 5.74) is 0. The third kappa shape index (κ3) is 4.77. The lowest BCUT2D eigenvalue weighted by molar-refractivity contribution is -0.137.